The lowest BCUT2D eigenvalue weighted by molar-refractivity contribution is -0.146. The van der Waals surface area contributed by atoms with E-state index in [0.29, 0.717) is 43.8 Å². The number of carbonyl (C=O) groups excluding carboxylic acids is 2. The number of hydrogen-bond acceptors (Lipinski definition) is 6. The minimum Gasteiger partial charge on any atom is -0.466 e. The summed E-state index contributed by atoms with van der Waals surface area (Å²) < 4.78 is 17.6. The predicted molar refractivity (Wildman–Crippen MR) is 251 cm³/mol. The molecular formula is C52H103NO5. The fourth-order valence-electron chi connectivity index (χ4n) is 8.41. The topological polar surface area (TPSA) is 65.1 Å². The standard InChI is InChI=1S/C52H103NO5/c1-7-12-25-34-48(35-26-13-8-2)45-51(54)57-43-31-23-19-17-21-29-38-50(47-56-42-33-41-53(6)40-16-11-5)39-30-22-18-20-24-32-44-58-52(55)46-49(36-27-14-9-3)37-28-15-10-4/h48-50H,7-47H2,1-6H3. The monoisotopic (exact) mass is 822 g/mol. The molecule has 0 bridgehead atoms. The van der Waals surface area contributed by atoms with Gasteiger partial charge in [-0.3, -0.25) is 9.59 Å². The zero-order chi connectivity index (χ0) is 42.6. The Balaban J connectivity index is 4.34. The molecular weight excluding hydrogens is 719 g/mol. The van der Waals surface area contributed by atoms with Crippen molar-refractivity contribution in [2.75, 3.05) is 46.6 Å². The molecule has 0 aliphatic carbocycles. The average Bonchev–Trinajstić information content (AvgIpc) is 3.21. The highest BCUT2D eigenvalue weighted by Gasteiger charge is 2.16. The zero-order valence-corrected chi connectivity index (χ0v) is 40.2. The van der Waals surface area contributed by atoms with Crippen LogP contribution in [0.4, 0.5) is 0 Å². The summed E-state index contributed by atoms with van der Waals surface area (Å²) >= 11 is 0. The van der Waals surface area contributed by atoms with E-state index in [-0.39, 0.29) is 11.9 Å². The lowest BCUT2D eigenvalue weighted by Crippen LogP contribution is -2.22. The normalized spacial score (nSPS) is 11.8. The fraction of sp³-hybridized carbons (Fsp3) is 0.962. The maximum Gasteiger partial charge on any atom is 0.306 e. The Hall–Kier alpha value is -1.14. The summed E-state index contributed by atoms with van der Waals surface area (Å²) in [6, 6.07) is 0. The number of nitrogens with zero attached hydrogens (tertiary/aromatic N) is 1. The molecule has 0 aromatic carbocycles. The first-order valence-electron chi connectivity index (χ1n) is 26.0. The number of hydrogen-bond donors (Lipinski definition) is 0. The van der Waals surface area contributed by atoms with Gasteiger partial charge >= 0.3 is 11.9 Å². The molecule has 0 aromatic heterocycles. The van der Waals surface area contributed by atoms with Crippen molar-refractivity contribution in [3.63, 3.8) is 0 Å². The first-order chi connectivity index (χ1) is 28.4. The van der Waals surface area contributed by atoms with Crippen molar-refractivity contribution in [1.29, 1.82) is 0 Å². The summed E-state index contributed by atoms with van der Waals surface area (Å²) in [4.78, 5) is 27.6. The second-order valence-electron chi connectivity index (χ2n) is 18.3. The third-order valence-electron chi connectivity index (χ3n) is 12.4. The van der Waals surface area contributed by atoms with Crippen LogP contribution in [0.1, 0.15) is 259 Å². The van der Waals surface area contributed by atoms with Gasteiger partial charge in [0.05, 0.1) is 13.2 Å². The molecule has 0 saturated carbocycles. The van der Waals surface area contributed by atoms with E-state index in [1.807, 2.05) is 0 Å². The summed E-state index contributed by atoms with van der Waals surface area (Å²) in [6.07, 6.45) is 41.6. The Morgan fingerprint density at radius 1 is 0.379 bits per heavy atom. The van der Waals surface area contributed by atoms with E-state index in [1.165, 1.54) is 186 Å². The minimum atomic E-state index is 0.0298. The van der Waals surface area contributed by atoms with E-state index >= 15 is 0 Å². The number of rotatable bonds is 47. The molecule has 0 rings (SSSR count). The van der Waals surface area contributed by atoms with Gasteiger partial charge in [0, 0.05) is 32.6 Å². The fourth-order valence-corrected chi connectivity index (χ4v) is 8.41. The smallest absolute Gasteiger partial charge is 0.306 e. The zero-order valence-electron chi connectivity index (χ0n) is 40.2. The van der Waals surface area contributed by atoms with Crippen LogP contribution < -0.4 is 0 Å². The first kappa shape index (κ1) is 56.9. The van der Waals surface area contributed by atoms with Crippen LogP contribution in [0.2, 0.25) is 0 Å². The van der Waals surface area contributed by atoms with Gasteiger partial charge < -0.3 is 19.1 Å². The summed E-state index contributed by atoms with van der Waals surface area (Å²) in [5, 5.41) is 0. The molecule has 0 unspecified atom stereocenters. The third kappa shape index (κ3) is 40.3. The van der Waals surface area contributed by atoms with Gasteiger partial charge in [0.1, 0.15) is 0 Å². The van der Waals surface area contributed by atoms with Gasteiger partial charge in [-0.1, -0.05) is 182 Å². The van der Waals surface area contributed by atoms with E-state index in [2.05, 4.69) is 46.6 Å². The molecule has 6 heteroatoms. The van der Waals surface area contributed by atoms with Gasteiger partial charge in [-0.2, -0.15) is 0 Å². The SMILES string of the molecule is CCCCCC(CCCCC)CC(=O)OCCCCCCCCC(CCCCCCCCOC(=O)CC(CCCCC)CCCCC)COCCCN(C)CCCC. The molecule has 0 radical (unpaired) electrons. The van der Waals surface area contributed by atoms with Gasteiger partial charge in [-0.15, -0.1) is 0 Å². The van der Waals surface area contributed by atoms with Crippen molar-refractivity contribution in [1.82, 2.24) is 4.90 Å². The van der Waals surface area contributed by atoms with Crippen molar-refractivity contribution in [3.8, 4) is 0 Å². The van der Waals surface area contributed by atoms with Crippen LogP contribution in [0.3, 0.4) is 0 Å². The number of ether oxygens (including phenoxy) is 3. The molecule has 0 aliphatic heterocycles. The summed E-state index contributed by atoms with van der Waals surface area (Å²) in [6.45, 7) is 16.5. The van der Waals surface area contributed by atoms with Crippen LogP contribution in [0, 0.1) is 17.8 Å². The Bertz CT molecular complexity index is 776. The molecule has 0 fully saturated rings. The van der Waals surface area contributed by atoms with E-state index < -0.39 is 0 Å². The highest BCUT2D eigenvalue weighted by Crippen LogP contribution is 2.24. The van der Waals surface area contributed by atoms with Crippen molar-refractivity contribution in [2.45, 2.75) is 259 Å². The van der Waals surface area contributed by atoms with Crippen molar-refractivity contribution < 1.29 is 23.8 Å². The Labute approximate surface area is 363 Å². The van der Waals surface area contributed by atoms with Crippen LogP contribution >= 0.6 is 0 Å². The van der Waals surface area contributed by atoms with Gasteiger partial charge in [-0.25, -0.2) is 0 Å². The summed E-state index contributed by atoms with van der Waals surface area (Å²) in [5.41, 5.74) is 0. The van der Waals surface area contributed by atoms with Gasteiger partial charge in [0.2, 0.25) is 0 Å². The Kier molecular flexibility index (Phi) is 44.5. The number of unbranched alkanes of at least 4 members (excludes halogenated alkanes) is 19. The molecule has 6 nitrogen and oxygen atoms in total. The number of esters is 2. The van der Waals surface area contributed by atoms with E-state index in [9.17, 15) is 9.59 Å². The highest BCUT2D eigenvalue weighted by atomic mass is 16.5. The van der Waals surface area contributed by atoms with Crippen LogP contribution in [-0.2, 0) is 23.8 Å². The molecule has 0 aliphatic rings. The molecule has 58 heavy (non-hydrogen) atoms. The molecule has 0 spiro atoms. The lowest BCUT2D eigenvalue weighted by Gasteiger charge is -2.19. The predicted octanol–water partition coefficient (Wildman–Crippen LogP) is 15.6. The van der Waals surface area contributed by atoms with Crippen molar-refractivity contribution in [2.24, 2.45) is 17.8 Å². The maximum atomic E-state index is 12.6. The van der Waals surface area contributed by atoms with Crippen LogP contribution in [-0.4, -0.2) is 63.4 Å². The molecule has 0 aromatic rings. The number of carbonyl (C=O) groups is 2. The van der Waals surface area contributed by atoms with Crippen LogP contribution in [0.15, 0.2) is 0 Å². The Morgan fingerprint density at radius 2 is 0.707 bits per heavy atom. The highest BCUT2D eigenvalue weighted by molar-refractivity contribution is 5.70. The average molecular weight is 822 g/mol. The van der Waals surface area contributed by atoms with E-state index in [1.54, 1.807) is 0 Å². The molecule has 0 atom stereocenters. The molecule has 0 N–H and O–H groups in total. The van der Waals surface area contributed by atoms with E-state index in [0.717, 1.165) is 51.9 Å². The second-order valence-corrected chi connectivity index (χ2v) is 18.3. The molecule has 0 heterocycles. The molecule has 0 saturated heterocycles. The van der Waals surface area contributed by atoms with E-state index in [4.69, 9.17) is 14.2 Å². The maximum absolute atomic E-state index is 12.6. The minimum absolute atomic E-state index is 0.0298. The third-order valence-corrected chi connectivity index (χ3v) is 12.4. The van der Waals surface area contributed by atoms with Crippen molar-refractivity contribution in [3.05, 3.63) is 0 Å². The quantitative estimate of drug-likeness (QED) is 0.0450. The van der Waals surface area contributed by atoms with Gasteiger partial charge in [0.15, 0.2) is 0 Å². The van der Waals surface area contributed by atoms with Crippen LogP contribution in [0.5, 0.6) is 0 Å². The summed E-state index contributed by atoms with van der Waals surface area (Å²) in [7, 11) is 2.24. The Morgan fingerprint density at radius 3 is 1.10 bits per heavy atom. The second kappa shape index (κ2) is 45.4. The lowest BCUT2D eigenvalue weighted by atomic mass is 9.92. The molecule has 346 valence electrons. The van der Waals surface area contributed by atoms with Crippen molar-refractivity contribution >= 4 is 11.9 Å². The first-order valence-corrected chi connectivity index (χ1v) is 26.0. The van der Waals surface area contributed by atoms with Gasteiger partial charge in [-0.05, 0) is 95.6 Å². The summed E-state index contributed by atoms with van der Waals surface area (Å²) in [5.74, 6) is 1.74. The van der Waals surface area contributed by atoms with Crippen LogP contribution in [0.25, 0.3) is 0 Å². The molecule has 0 amide bonds. The van der Waals surface area contributed by atoms with Gasteiger partial charge in [0.25, 0.3) is 0 Å². The largest absolute Gasteiger partial charge is 0.466 e.